The second-order valence-electron chi connectivity index (χ2n) is 3.82. The first-order valence-corrected chi connectivity index (χ1v) is 6.87. The van der Waals surface area contributed by atoms with Crippen molar-refractivity contribution in [3.8, 4) is 0 Å². The van der Waals surface area contributed by atoms with Gasteiger partial charge >= 0.3 is 11.9 Å². The van der Waals surface area contributed by atoms with Crippen LogP contribution in [0.3, 0.4) is 0 Å². The Morgan fingerprint density at radius 1 is 1.30 bits per heavy atom. The Morgan fingerprint density at radius 2 is 2.00 bits per heavy atom. The SMILES string of the molecule is CSc1ccc(COC(=O)c2ccc([N+](=O)[O-])o2)cc1. The van der Waals surface area contributed by atoms with Gasteiger partial charge in [0.2, 0.25) is 5.76 Å². The van der Waals surface area contributed by atoms with Gasteiger partial charge in [-0.3, -0.25) is 10.1 Å². The number of furan rings is 1. The van der Waals surface area contributed by atoms with Crippen LogP contribution in [0.2, 0.25) is 0 Å². The van der Waals surface area contributed by atoms with Crippen LogP contribution in [0.5, 0.6) is 0 Å². The van der Waals surface area contributed by atoms with Crippen molar-refractivity contribution >= 4 is 23.6 Å². The fraction of sp³-hybridized carbons (Fsp3) is 0.154. The van der Waals surface area contributed by atoms with Crippen LogP contribution in [0.15, 0.2) is 45.7 Å². The van der Waals surface area contributed by atoms with E-state index in [4.69, 9.17) is 9.15 Å². The van der Waals surface area contributed by atoms with Crippen molar-refractivity contribution in [2.45, 2.75) is 11.5 Å². The number of thioether (sulfide) groups is 1. The Labute approximate surface area is 118 Å². The number of nitrogens with zero attached hydrogens (tertiary/aromatic N) is 1. The maximum atomic E-state index is 11.6. The summed E-state index contributed by atoms with van der Waals surface area (Å²) in [5, 5.41) is 10.4. The highest BCUT2D eigenvalue weighted by Gasteiger charge is 2.18. The highest BCUT2D eigenvalue weighted by atomic mass is 32.2. The topological polar surface area (TPSA) is 82.6 Å². The Balaban J connectivity index is 1.95. The molecule has 104 valence electrons. The van der Waals surface area contributed by atoms with Crippen LogP contribution >= 0.6 is 11.8 Å². The van der Waals surface area contributed by atoms with Crippen molar-refractivity contribution in [3.05, 3.63) is 57.8 Å². The van der Waals surface area contributed by atoms with E-state index in [1.807, 2.05) is 30.5 Å². The Kier molecular flexibility index (Phi) is 4.41. The number of esters is 1. The summed E-state index contributed by atoms with van der Waals surface area (Å²) in [6.45, 7) is 0.0853. The highest BCUT2D eigenvalue weighted by molar-refractivity contribution is 7.98. The summed E-state index contributed by atoms with van der Waals surface area (Å²) >= 11 is 1.62. The van der Waals surface area contributed by atoms with Gasteiger partial charge in [-0.05, 0) is 30.0 Å². The monoisotopic (exact) mass is 293 g/mol. The summed E-state index contributed by atoms with van der Waals surface area (Å²) in [6, 6.07) is 9.88. The summed E-state index contributed by atoms with van der Waals surface area (Å²) in [4.78, 5) is 22.5. The number of hydrogen-bond acceptors (Lipinski definition) is 6. The number of benzene rings is 1. The van der Waals surface area contributed by atoms with Crippen LogP contribution < -0.4 is 0 Å². The number of hydrogen-bond donors (Lipinski definition) is 0. The van der Waals surface area contributed by atoms with Crippen molar-refractivity contribution in [2.75, 3.05) is 6.26 Å². The van der Waals surface area contributed by atoms with Crippen molar-refractivity contribution in [1.82, 2.24) is 0 Å². The molecule has 0 aliphatic carbocycles. The summed E-state index contributed by atoms with van der Waals surface area (Å²) in [5.74, 6) is -1.40. The Bertz CT molecular complexity index is 620. The normalized spacial score (nSPS) is 10.2. The van der Waals surface area contributed by atoms with Crippen LogP contribution in [-0.2, 0) is 11.3 Å². The molecule has 1 heterocycles. The molecule has 0 bridgehead atoms. The van der Waals surface area contributed by atoms with Gasteiger partial charge < -0.3 is 9.15 Å². The average molecular weight is 293 g/mol. The number of carbonyl (C=O) groups excluding carboxylic acids is 1. The van der Waals surface area contributed by atoms with Crippen LogP contribution in [-0.4, -0.2) is 17.1 Å². The molecule has 0 amide bonds. The van der Waals surface area contributed by atoms with Crippen molar-refractivity contribution in [3.63, 3.8) is 0 Å². The molecule has 7 heteroatoms. The van der Waals surface area contributed by atoms with Crippen molar-refractivity contribution in [1.29, 1.82) is 0 Å². The first-order chi connectivity index (χ1) is 9.60. The molecular weight excluding hydrogens is 282 g/mol. The minimum absolute atomic E-state index is 0.0853. The van der Waals surface area contributed by atoms with E-state index in [-0.39, 0.29) is 12.4 Å². The van der Waals surface area contributed by atoms with Gasteiger partial charge in [-0.15, -0.1) is 11.8 Å². The molecule has 0 saturated heterocycles. The molecule has 0 atom stereocenters. The predicted molar refractivity (Wildman–Crippen MR) is 72.7 cm³/mol. The molecule has 0 spiro atoms. The van der Waals surface area contributed by atoms with E-state index in [0.29, 0.717) is 0 Å². The van der Waals surface area contributed by atoms with E-state index >= 15 is 0 Å². The predicted octanol–water partition coefficient (Wildman–Crippen LogP) is 3.27. The number of ether oxygens (including phenoxy) is 1. The second-order valence-corrected chi connectivity index (χ2v) is 4.70. The molecule has 0 aliphatic heterocycles. The van der Waals surface area contributed by atoms with Gasteiger partial charge in [-0.25, -0.2) is 4.79 Å². The lowest BCUT2D eigenvalue weighted by atomic mass is 10.2. The van der Waals surface area contributed by atoms with Crippen LogP contribution in [0.1, 0.15) is 16.1 Å². The smallest absolute Gasteiger partial charge is 0.433 e. The molecule has 1 aromatic heterocycles. The quantitative estimate of drug-likeness (QED) is 0.364. The first-order valence-electron chi connectivity index (χ1n) is 5.64. The zero-order valence-electron chi connectivity index (χ0n) is 10.6. The molecule has 0 fully saturated rings. The molecule has 2 rings (SSSR count). The number of carbonyl (C=O) groups is 1. The van der Waals surface area contributed by atoms with Gasteiger partial charge in [0.1, 0.15) is 11.5 Å². The maximum Gasteiger partial charge on any atom is 0.433 e. The number of nitro groups is 1. The molecule has 0 N–H and O–H groups in total. The van der Waals surface area contributed by atoms with Crippen molar-refractivity contribution < 1.29 is 18.9 Å². The summed E-state index contributed by atoms with van der Waals surface area (Å²) in [6.07, 6.45) is 1.97. The molecule has 0 saturated carbocycles. The molecular formula is C13H11NO5S. The number of rotatable bonds is 5. The van der Waals surface area contributed by atoms with Gasteiger partial charge in [-0.1, -0.05) is 12.1 Å². The lowest BCUT2D eigenvalue weighted by molar-refractivity contribution is -0.402. The zero-order chi connectivity index (χ0) is 14.5. The molecule has 20 heavy (non-hydrogen) atoms. The van der Waals surface area contributed by atoms with Gasteiger partial charge in [-0.2, -0.15) is 0 Å². The highest BCUT2D eigenvalue weighted by Crippen LogP contribution is 2.18. The van der Waals surface area contributed by atoms with Gasteiger partial charge in [0.05, 0.1) is 6.07 Å². The molecule has 2 aromatic rings. The third kappa shape index (κ3) is 3.39. The summed E-state index contributed by atoms with van der Waals surface area (Å²) in [7, 11) is 0. The van der Waals surface area contributed by atoms with E-state index < -0.39 is 16.8 Å². The minimum atomic E-state index is -0.730. The maximum absolute atomic E-state index is 11.6. The molecule has 0 radical (unpaired) electrons. The third-order valence-corrected chi connectivity index (χ3v) is 3.25. The molecule has 0 unspecified atom stereocenters. The van der Waals surface area contributed by atoms with E-state index in [0.717, 1.165) is 16.5 Å². The molecule has 0 aliphatic rings. The lowest BCUT2D eigenvalue weighted by Crippen LogP contribution is -2.03. The molecule has 1 aromatic carbocycles. The third-order valence-electron chi connectivity index (χ3n) is 2.50. The largest absolute Gasteiger partial charge is 0.455 e. The Hall–Kier alpha value is -2.28. The zero-order valence-corrected chi connectivity index (χ0v) is 11.4. The van der Waals surface area contributed by atoms with Crippen LogP contribution in [0, 0.1) is 10.1 Å². The second kappa shape index (κ2) is 6.25. The van der Waals surface area contributed by atoms with E-state index in [9.17, 15) is 14.9 Å². The molecule has 6 nitrogen and oxygen atoms in total. The van der Waals surface area contributed by atoms with Gasteiger partial charge in [0.15, 0.2) is 0 Å². The van der Waals surface area contributed by atoms with Crippen LogP contribution in [0.25, 0.3) is 0 Å². The standard InChI is InChI=1S/C13H11NO5S/c1-20-10-4-2-9(3-5-10)8-18-13(15)11-6-7-12(19-11)14(16)17/h2-7H,8H2,1H3. The van der Waals surface area contributed by atoms with Gasteiger partial charge in [0, 0.05) is 4.90 Å². The van der Waals surface area contributed by atoms with E-state index in [1.54, 1.807) is 11.8 Å². The van der Waals surface area contributed by atoms with E-state index in [2.05, 4.69) is 0 Å². The Morgan fingerprint density at radius 3 is 2.55 bits per heavy atom. The summed E-state index contributed by atoms with van der Waals surface area (Å²) in [5.41, 5.74) is 0.831. The minimum Gasteiger partial charge on any atom is -0.455 e. The fourth-order valence-electron chi connectivity index (χ4n) is 1.48. The summed E-state index contributed by atoms with van der Waals surface area (Å²) < 4.78 is 9.77. The van der Waals surface area contributed by atoms with Gasteiger partial charge in [0.25, 0.3) is 0 Å². The fourth-order valence-corrected chi connectivity index (χ4v) is 1.89. The lowest BCUT2D eigenvalue weighted by Gasteiger charge is -2.03. The average Bonchev–Trinajstić information content (AvgIpc) is 2.95. The first kappa shape index (κ1) is 14.1. The van der Waals surface area contributed by atoms with Crippen LogP contribution in [0.4, 0.5) is 5.88 Å². The van der Waals surface area contributed by atoms with E-state index in [1.165, 1.54) is 6.07 Å². The van der Waals surface area contributed by atoms with Crippen molar-refractivity contribution in [2.24, 2.45) is 0 Å².